The Bertz CT molecular complexity index is 766. The molecule has 3 rings (SSSR count). The van der Waals surface area contributed by atoms with E-state index in [9.17, 15) is 9.59 Å². The van der Waals surface area contributed by atoms with Crippen molar-refractivity contribution in [1.29, 1.82) is 0 Å². The van der Waals surface area contributed by atoms with Gasteiger partial charge in [-0.3, -0.25) is 14.2 Å². The fourth-order valence-electron chi connectivity index (χ4n) is 3.02. The molecule has 2 aromatic rings. The summed E-state index contributed by atoms with van der Waals surface area (Å²) >= 11 is 0. The van der Waals surface area contributed by atoms with Gasteiger partial charge in [0.15, 0.2) is 0 Å². The van der Waals surface area contributed by atoms with Crippen LogP contribution in [-0.2, 0) is 30.6 Å². The molecule has 120 valence electrons. The van der Waals surface area contributed by atoms with E-state index in [1.54, 1.807) is 6.92 Å². The summed E-state index contributed by atoms with van der Waals surface area (Å²) in [5, 5.41) is 2.88. The molecule has 1 N–H and O–H groups in total. The van der Waals surface area contributed by atoms with Crippen molar-refractivity contribution in [1.82, 2.24) is 14.9 Å². The normalized spacial score (nSPS) is 12.9. The van der Waals surface area contributed by atoms with Gasteiger partial charge in [-0.25, -0.2) is 4.98 Å². The van der Waals surface area contributed by atoms with Crippen LogP contribution in [0, 0.1) is 6.92 Å². The van der Waals surface area contributed by atoms with Gasteiger partial charge in [0.2, 0.25) is 5.91 Å². The van der Waals surface area contributed by atoms with Gasteiger partial charge in [-0.1, -0.05) is 30.3 Å². The monoisotopic (exact) mass is 311 g/mol. The number of amides is 1. The zero-order valence-corrected chi connectivity index (χ0v) is 13.3. The van der Waals surface area contributed by atoms with E-state index >= 15 is 0 Å². The highest BCUT2D eigenvalue weighted by atomic mass is 16.2. The summed E-state index contributed by atoms with van der Waals surface area (Å²) in [4.78, 5) is 29.0. The molecule has 1 aliphatic carbocycles. The van der Waals surface area contributed by atoms with Crippen LogP contribution in [0.15, 0.2) is 35.1 Å². The third-order valence-electron chi connectivity index (χ3n) is 4.26. The predicted octanol–water partition coefficient (Wildman–Crippen LogP) is 1.40. The lowest BCUT2D eigenvalue weighted by molar-refractivity contribution is -0.121. The van der Waals surface area contributed by atoms with Gasteiger partial charge in [0, 0.05) is 12.1 Å². The number of carbonyl (C=O) groups excluding carboxylic acids is 1. The second-order valence-electron chi connectivity index (χ2n) is 5.91. The summed E-state index contributed by atoms with van der Waals surface area (Å²) in [6.45, 7) is 2.39. The first-order chi connectivity index (χ1) is 11.1. The zero-order valence-electron chi connectivity index (χ0n) is 13.3. The maximum absolute atomic E-state index is 12.5. The molecule has 1 heterocycles. The Morgan fingerprint density at radius 2 is 2.04 bits per heavy atom. The SMILES string of the molecule is Cc1nc2c(c(=O)n1CC(=O)NCCc1ccccc1)CCC2. The first kappa shape index (κ1) is 15.5. The van der Waals surface area contributed by atoms with Crippen LogP contribution >= 0.6 is 0 Å². The molecular formula is C18H21N3O2. The Hall–Kier alpha value is -2.43. The summed E-state index contributed by atoms with van der Waals surface area (Å²) in [5.74, 6) is 0.472. The molecule has 23 heavy (non-hydrogen) atoms. The Balaban J connectivity index is 1.61. The van der Waals surface area contributed by atoms with Crippen LogP contribution in [0.2, 0.25) is 0 Å². The fourth-order valence-corrected chi connectivity index (χ4v) is 3.02. The third kappa shape index (κ3) is 3.50. The Kier molecular flexibility index (Phi) is 4.55. The summed E-state index contributed by atoms with van der Waals surface area (Å²) in [6.07, 6.45) is 3.40. The average Bonchev–Trinajstić information content (AvgIpc) is 3.01. The minimum Gasteiger partial charge on any atom is -0.354 e. The molecule has 0 saturated carbocycles. The molecule has 0 radical (unpaired) electrons. The summed E-state index contributed by atoms with van der Waals surface area (Å²) < 4.78 is 1.49. The molecule has 0 spiro atoms. The number of nitrogens with one attached hydrogen (secondary N) is 1. The molecule has 1 amide bonds. The standard InChI is InChI=1S/C18H21N3O2/c1-13-20-16-9-5-8-15(16)18(23)21(13)12-17(22)19-11-10-14-6-3-2-4-7-14/h2-4,6-7H,5,8-12H2,1H3,(H,19,22). The average molecular weight is 311 g/mol. The van der Waals surface area contributed by atoms with Gasteiger partial charge in [0.1, 0.15) is 12.4 Å². The minimum absolute atomic E-state index is 0.0414. The molecule has 1 aromatic heterocycles. The molecular weight excluding hydrogens is 290 g/mol. The lowest BCUT2D eigenvalue weighted by Crippen LogP contribution is -2.36. The van der Waals surface area contributed by atoms with E-state index in [0.717, 1.165) is 36.9 Å². The molecule has 0 atom stereocenters. The van der Waals surface area contributed by atoms with Crippen LogP contribution < -0.4 is 10.9 Å². The van der Waals surface area contributed by atoms with E-state index < -0.39 is 0 Å². The molecule has 1 aliphatic rings. The second kappa shape index (κ2) is 6.77. The lowest BCUT2D eigenvalue weighted by Gasteiger charge is -2.12. The summed E-state index contributed by atoms with van der Waals surface area (Å²) in [6, 6.07) is 10.0. The van der Waals surface area contributed by atoms with Crippen molar-refractivity contribution in [3.8, 4) is 0 Å². The Morgan fingerprint density at radius 1 is 1.26 bits per heavy atom. The van der Waals surface area contributed by atoms with Crippen LogP contribution in [-0.4, -0.2) is 22.0 Å². The van der Waals surface area contributed by atoms with Gasteiger partial charge < -0.3 is 5.32 Å². The van der Waals surface area contributed by atoms with Gasteiger partial charge in [-0.15, -0.1) is 0 Å². The topological polar surface area (TPSA) is 64.0 Å². The fraction of sp³-hybridized carbons (Fsp3) is 0.389. The van der Waals surface area contributed by atoms with Crippen molar-refractivity contribution < 1.29 is 4.79 Å². The first-order valence-electron chi connectivity index (χ1n) is 8.05. The Morgan fingerprint density at radius 3 is 2.83 bits per heavy atom. The highest BCUT2D eigenvalue weighted by molar-refractivity contribution is 5.75. The van der Waals surface area contributed by atoms with E-state index in [2.05, 4.69) is 10.3 Å². The summed E-state index contributed by atoms with van der Waals surface area (Å²) in [5.41, 5.74) is 2.82. The smallest absolute Gasteiger partial charge is 0.257 e. The van der Waals surface area contributed by atoms with E-state index in [-0.39, 0.29) is 18.0 Å². The number of aryl methyl sites for hydroxylation is 2. The van der Waals surface area contributed by atoms with Crippen LogP contribution in [0.1, 0.15) is 29.1 Å². The Labute approximate surface area is 135 Å². The van der Waals surface area contributed by atoms with E-state index in [1.807, 2.05) is 30.3 Å². The van der Waals surface area contributed by atoms with Crippen molar-refractivity contribution in [3.05, 3.63) is 63.3 Å². The largest absolute Gasteiger partial charge is 0.354 e. The lowest BCUT2D eigenvalue weighted by atomic mass is 10.1. The van der Waals surface area contributed by atoms with E-state index in [1.165, 1.54) is 10.1 Å². The van der Waals surface area contributed by atoms with Gasteiger partial charge in [0.25, 0.3) is 5.56 Å². The number of benzene rings is 1. The van der Waals surface area contributed by atoms with Gasteiger partial charge in [0.05, 0.1) is 5.69 Å². The maximum atomic E-state index is 12.5. The van der Waals surface area contributed by atoms with Crippen LogP contribution in [0.5, 0.6) is 0 Å². The minimum atomic E-state index is -0.147. The van der Waals surface area contributed by atoms with Crippen LogP contribution in [0.3, 0.4) is 0 Å². The number of hydrogen-bond donors (Lipinski definition) is 1. The predicted molar refractivity (Wildman–Crippen MR) is 88.4 cm³/mol. The number of hydrogen-bond acceptors (Lipinski definition) is 3. The molecule has 5 nitrogen and oxygen atoms in total. The zero-order chi connectivity index (χ0) is 16.2. The van der Waals surface area contributed by atoms with E-state index in [4.69, 9.17) is 0 Å². The highest BCUT2D eigenvalue weighted by Crippen LogP contribution is 2.16. The molecule has 0 bridgehead atoms. The molecule has 0 aliphatic heterocycles. The first-order valence-corrected chi connectivity index (χ1v) is 8.05. The van der Waals surface area contributed by atoms with Crippen molar-refractivity contribution in [2.75, 3.05) is 6.54 Å². The maximum Gasteiger partial charge on any atom is 0.257 e. The van der Waals surface area contributed by atoms with Crippen molar-refractivity contribution >= 4 is 5.91 Å². The highest BCUT2D eigenvalue weighted by Gasteiger charge is 2.20. The van der Waals surface area contributed by atoms with Gasteiger partial charge >= 0.3 is 0 Å². The van der Waals surface area contributed by atoms with Gasteiger partial charge in [-0.2, -0.15) is 0 Å². The van der Waals surface area contributed by atoms with Gasteiger partial charge in [-0.05, 0) is 38.2 Å². The molecule has 0 saturated heterocycles. The number of fused-ring (bicyclic) bond motifs is 1. The van der Waals surface area contributed by atoms with Crippen LogP contribution in [0.25, 0.3) is 0 Å². The molecule has 1 aromatic carbocycles. The third-order valence-corrected chi connectivity index (χ3v) is 4.26. The van der Waals surface area contributed by atoms with E-state index in [0.29, 0.717) is 12.4 Å². The quantitative estimate of drug-likeness (QED) is 0.908. The summed E-state index contributed by atoms with van der Waals surface area (Å²) in [7, 11) is 0. The number of rotatable bonds is 5. The van der Waals surface area contributed by atoms with Crippen molar-refractivity contribution in [2.45, 2.75) is 39.2 Å². The molecule has 0 fully saturated rings. The number of aromatic nitrogens is 2. The van der Waals surface area contributed by atoms with Crippen molar-refractivity contribution in [3.63, 3.8) is 0 Å². The number of nitrogens with zero attached hydrogens (tertiary/aromatic N) is 2. The van der Waals surface area contributed by atoms with Crippen molar-refractivity contribution in [2.24, 2.45) is 0 Å². The second-order valence-corrected chi connectivity index (χ2v) is 5.91. The molecule has 0 unspecified atom stereocenters. The van der Waals surface area contributed by atoms with Crippen LogP contribution in [0.4, 0.5) is 0 Å². The number of carbonyl (C=O) groups is 1. The molecule has 5 heteroatoms.